The van der Waals surface area contributed by atoms with Crippen molar-refractivity contribution < 1.29 is 19.7 Å². The molecule has 0 amide bonds. The molecule has 0 aromatic heterocycles. The molecule has 14 heavy (non-hydrogen) atoms. The van der Waals surface area contributed by atoms with E-state index in [4.69, 9.17) is 21.1 Å². The Hall–Kier alpha value is -0.130. The zero-order valence-corrected chi connectivity index (χ0v) is 8.73. The van der Waals surface area contributed by atoms with Gasteiger partial charge in [0.25, 0.3) is 0 Å². The van der Waals surface area contributed by atoms with E-state index in [0.717, 1.165) is 0 Å². The van der Waals surface area contributed by atoms with Crippen LogP contribution in [0.3, 0.4) is 0 Å². The Morgan fingerprint density at radius 3 is 2.64 bits per heavy atom. The first kappa shape index (κ1) is 10.4. The molecule has 0 unspecified atom stereocenters. The fourth-order valence-electron chi connectivity index (χ4n) is 1.80. The highest BCUT2D eigenvalue weighted by atomic mass is 35.5. The van der Waals surface area contributed by atoms with Crippen molar-refractivity contribution >= 4 is 11.6 Å². The van der Waals surface area contributed by atoms with Gasteiger partial charge in [0.05, 0.1) is 0 Å². The van der Waals surface area contributed by atoms with Crippen LogP contribution in [0, 0.1) is 0 Å². The summed E-state index contributed by atoms with van der Waals surface area (Å²) in [4.78, 5) is 0. The van der Waals surface area contributed by atoms with Gasteiger partial charge in [-0.15, -0.1) is 0 Å². The highest BCUT2D eigenvalue weighted by molar-refractivity contribution is 6.30. The second-order valence-corrected chi connectivity index (χ2v) is 4.49. The molecule has 2 N–H and O–H groups in total. The monoisotopic (exact) mass is 220 g/mol. The van der Waals surface area contributed by atoms with Gasteiger partial charge in [0.1, 0.15) is 24.4 Å². The van der Waals surface area contributed by atoms with E-state index in [-0.39, 0.29) is 0 Å². The van der Waals surface area contributed by atoms with Crippen LogP contribution in [0.5, 0.6) is 0 Å². The Morgan fingerprint density at radius 2 is 2.00 bits per heavy atom. The van der Waals surface area contributed by atoms with Crippen molar-refractivity contribution in [3.05, 3.63) is 11.1 Å². The molecule has 1 aliphatic carbocycles. The summed E-state index contributed by atoms with van der Waals surface area (Å²) in [5.41, 5.74) is 0. The molecule has 2 rings (SSSR count). The zero-order chi connectivity index (χ0) is 10.5. The number of halogens is 1. The lowest BCUT2D eigenvalue weighted by molar-refractivity contribution is -0.158. The molecule has 1 heterocycles. The van der Waals surface area contributed by atoms with Crippen LogP contribution < -0.4 is 0 Å². The van der Waals surface area contributed by atoms with Crippen LogP contribution in [0.4, 0.5) is 0 Å². The Balaban J connectivity index is 2.27. The summed E-state index contributed by atoms with van der Waals surface area (Å²) >= 11 is 5.89. The van der Waals surface area contributed by atoms with E-state index in [1.165, 1.54) is 6.08 Å². The topological polar surface area (TPSA) is 58.9 Å². The zero-order valence-electron chi connectivity index (χ0n) is 7.98. The van der Waals surface area contributed by atoms with Gasteiger partial charge in [-0.3, -0.25) is 0 Å². The summed E-state index contributed by atoms with van der Waals surface area (Å²) in [6.45, 7) is 3.49. The molecule has 0 spiro atoms. The Bertz CT molecular complexity index is 276. The quantitative estimate of drug-likeness (QED) is 0.619. The van der Waals surface area contributed by atoms with Gasteiger partial charge in [-0.2, -0.15) is 0 Å². The van der Waals surface area contributed by atoms with Crippen LogP contribution in [0.15, 0.2) is 11.1 Å². The van der Waals surface area contributed by atoms with Gasteiger partial charge in [-0.1, -0.05) is 11.6 Å². The average Bonchev–Trinajstić information content (AvgIpc) is 2.38. The number of ether oxygens (including phenoxy) is 2. The first-order valence-electron chi connectivity index (χ1n) is 4.50. The predicted molar refractivity (Wildman–Crippen MR) is 49.8 cm³/mol. The van der Waals surface area contributed by atoms with Crippen LogP contribution >= 0.6 is 11.6 Å². The number of hydrogen-bond acceptors (Lipinski definition) is 4. The van der Waals surface area contributed by atoms with Crippen LogP contribution in [0.1, 0.15) is 13.8 Å². The molecule has 0 aromatic rings. The maximum absolute atomic E-state index is 9.64. The SMILES string of the molecule is CC1(C)O[C@H]2[C@@H](O)[C@H](O)C=C(Cl)[C@H]2O1. The van der Waals surface area contributed by atoms with Crippen molar-refractivity contribution in [1.82, 2.24) is 0 Å². The van der Waals surface area contributed by atoms with Gasteiger partial charge in [0.2, 0.25) is 0 Å². The number of hydrogen-bond donors (Lipinski definition) is 2. The molecular weight excluding hydrogens is 208 g/mol. The number of rotatable bonds is 0. The van der Waals surface area contributed by atoms with E-state index in [1.54, 1.807) is 13.8 Å². The molecule has 1 aliphatic heterocycles. The Labute approximate surface area is 87.1 Å². The number of aliphatic hydroxyl groups is 2. The minimum Gasteiger partial charge on any atom is -0.387 e. The van der Waals surface area contributed by atoms with Crippen molar-refractivity contribution in [2.75, 3.05) is 0 Å². The first-order valence-corrected chi connectivity index (χ1v) is 4.87. The minimum atomic E-state index is -0.985. The summed E-state index contributed by atoms with van der Waals surface area (Å²) in [5, 5.41) is 19.4. The van der Waals surface area contributed by atoms with Crippen LogP contribution in [0.25, 0.3) is 0 Å². The fourth-order valence-corrected chi connectivity index (χ4v) is 2.10. The molecule has 0 aromatic carbocycles. The van der Waals surface area contributed by atoms with Crippen LogP contribution in [-0.4, -0.2) is 40.4 Å². The normalized spacial score (nSPS) is 45.9. The standard InChI is InChI=1S/C9H13ClO4/c1-9(2)13-7-4(10)3-5(11)6(12)8(7)14-9/h3,5-8,11-12H,1-2H3/t5-,6+,7-,8+/m1/s1. The summed E-state index contributed by atoms with van der Waals surface area (Å²) in [6.07, 6.45) is -1.63. The van der Waals surface area contributed by atoms with Crippen molar-refractivity contribution in [3.8, 4) is 0 Å². The molecule has 1 fully saturated rings. The van der Waals surface area contributed by atoms with Crippen LogP contribution in [-0.2, 0) is 9.47 Å². The van der Waals surface area contributed by atoms with E-state index < -0.39 is 30.2 Å². The van der Waals surface area contributed by atoms with E-state index in [9.17, 15) is 10.2 Å². The van der Waals surface area contributed by atoms with Gasteiger partial charge < -0.3 is 19.7 Å². The molecule has 4 nitrogen and oxygen atoms in total. The summed E-state index contributed by atoms with van der Waals surface area (Å²) in [7, 11) is 0. The molecule has 4 atom stereocenters. The van der Waals surface area contributed by atoms with E-state index in [0.29, 0.717) is 5.03 Å². The van der Waals surface area contributed by atoms with Crippen molar-refractivity contribution in [3.63, 3.8) is 0 Å². The second-order valence-electron chi connectivity index (χ2n) is 4.05. The third-order valence-electron chi connectivity index (χ3n) is 2.42. The van der Waals surface area contributed by atoms with Gasteiger partial charge in [-0.05, 0) is 19.9 Å². The van der Waals surface area contributed by atoms with Crippen molar-refractivity contribution in [2.45, 2.75) is 44.1 Å². The molecule has 80 valence electrons. The number of fused-ring (bicyclic) bond motifs is 1. The van der Waals surface area contributed by atoms with Gasteiger partial charge in [-0.25, -0.2) is 0 Å². The Morgan fingerprint density at radius 1 is 1.36 bits per heavy atom. The smallest absolute Gasteiger partial charge is 0.164 e. The lowest BCUT2D eigenvalue weighted by Gasteiger charge is -2.29. The highest BCUT2D eigenvalue weighted by Gasteiger charge is 2.50. The van der Waals surface area contributed by atoms with Gasteiger partial charge in [0, 0.05) is 5.03 Å². The van der Waals surface area contributed by atoms with E-state index in [2.05, 4.69) is 0 Å². The van der Waals surface area contributed by atoms with E-state index >= 15 is 0 Å². The predicted octanol–water partition coefficient (Wildman–Crippen LogP) is 0.365. The summed E-state index contributed by atoms with van der Waals surface area (Å²) in [5.74, 6) is -0.769. The van der Waals surface area contributed by atoms with Crippen molar-refractivity contribution in [1.29, 1.82) is 0 Å². The lowest BCUT2D eigenvalue weighted by Crippen LogP contribution is -2.46. The number of aliphatic hydroxyl groups excluding tert-OH is 2. The Kier molecular flexibility index (Phi) is 2.36. The summed E-state index contributed by atoms with van der Waals surface area (Å²) < 4.78 is 10.9. The molecular formula is C9H13ClO4. The van der Waals surface area contributed by atoms with Crippen molar-refractivity contribution in [2.24, 2.45) is 0 Å². The molecule has 0 bridgehead atoms. The lowest BCUT2D eigenvalue weighted by atomic mass is 9.96. The molecule has 0 saturated carbocycles. The third-order valence-corrected chi connectivity index (χ3v) is 2.76. The molecule has 0 radical (unpaired) electrons. The average molecular weight is 221 g/mol. The molecule has 1 saturated heterocycles. The maximum atomic E-state index is 9.64. The molecule has 5 heteroatoms. The fraction of sp³-hybridized carbons (Fsp3) is 0.778. The maximum Gasteiger partial charge on any atom is 0.164 e. The largest absolute Gasteiger partial charge is 0.387 e. The van der Waals surface area contributed by atoms with Gasteiger partial charge >= 0.3 is 0 Å². The minimum absolute atomic E-state index is 0.387. The van der Waals surface area contributed by atoms with Gasteiger partial charge in [0.15, 0.2) is 5.79 Å². The molecule has 2 aliphatic rings. The highest BCUT2D eigenvalue weighted by Crippen LogP contribution is 2.38. The van der Waals surface area contributed by atoms with E-state index in [1.807, 2.05) is 0 Å². The van der Waals surface area contributed by atoms with Crippen LogP contribution in [0.2, 0.25) is 0 Å². The second kappa shape index (κ2) is 3.18. The first-order chi connectivity index (χ1) is 6.41. The summed E-state index contributed by atoms with van der Waals surface area (Å²) in [6, 6.07) is 0. The third kappa shape index (κ3) is 1.57.